The fraction of sp³-hybridized carbons (Fsp3) is 0.409. The maximum Gasteiger partial charge on any atom is 0.275 e. The van der Waals surface area contributed by atoms with Gasteiger partial charge in [-0.1, -0.05) is 32.9 Å². The molecule has 8 heterocycles. The number of amides is 4. The highest BCUT2D eigenvalue weighted by molar-refractivity contribution is 6.74. The third-order valence-electron chi connectivity index (χ3n) is 12.0. The van der Waals surface area contributed by atoms with Crippen LogP contribution >= 0.6 is 0 Å². The summed E-state index contributed by atoms with van der Waals surface area (Å²) in [5, 5.41) is 38.7. The number of nitrogens with zero attached hydrogens (tertiary/aromatic N) is 14. The SMILES string of the molecule is C[C@H](CO)n1nnnc1-c1cccc(NC(=O)c2cc3c(cn2)CCN(C=O)C3)n1.C[C@H](CO[Si](C)(C)C(C)(C)C)n1nnnc1-c1cccc(NC(=O)c2cc3c(cn2)CCN(C=O)C3)n1. The molecule has 4 amide bonds. The Bertz CT molecular complexity index is 2740. The van der Waals surface area contributed by atoms with Crippen molar-refractivity contribution in [2.75, 3.05) is 36.9 Å². The van der Waals surface area contributed by atoms with Gasteiger partial charge in [0.1, 0.15) is 34.4 Å². The molecule has 0 aliphatic carbocycles. The smallest absolute Gasteiger partial charge is 0.275 e. The van der Waals surface area contributed by atoms with E-state index in [-0.39, 0.29) is 41.0 Å². The maximum absolute atomic E-state index is 12.9. The highest BCUT2D eigenvalue weighted by Gasteiger charge is 2.37. The summed E-state index contributed by atoms with van der Waals surface area (Å²) in [5.74, 6) is 0.756. The van der Waals surface area contributed by atoms with Crippen molar-refractivity contribution in [2.24, 2.45) is 0 Å². The minimum Gasteiger partial charge on any atom is -0.415 e. The molecule has 23 heteroatoms. The van der Waals surface area contributed by atoms with E-state index < -0.39 is 14.2 Å². The Kier molecular flexibility index (Phi) is 14.6. The number of hydrogen-bond donors (Lipinski definition) is 3. The van der Waals surface area contributed by atoms with E-state index in [1.54, 1.807) is 82.3 Å². The van der Waals surface area contributed by atoms with E-state index in [9.17, 15) is 24.3 Å². The van der Waals surface area contributed by atoms with Crippen LogP contribution in [0.3, 0.4) is 0 Å². The molecule has 0 radical (unpaired) electrons. The third kappa shape index (κ3) is 11.2. The van der Waals surface area contributed by atoms with E-state index >= 15 is 0 Å². The fourth-order valence-electron chi connectivity index (χ4n) is 6.98. The summed E-state index contributed by atoms with van der Waals surface area (Å²) in [6.07, 6.45) is 6.46. The molecule has 350 valence electrons. The van der Waals surface area contributed by atoms with Gasteiger partial charge in [-0.15, -0.1) is 10.2 Å². The van der Waals surface area contributed by atoms with Gasteiger partial charge in [0, 0.05) is 38.6 Å². The second-order valence-electron chi connectivity index (χ2n) is 17.9. The molecule has 0 fully saturated rings. The molecule has 0 unspecified atom stereocenters. The molecule has 67 heavy (non-hydrogen) atoms. The van der Waals surface area contributed by atoms with Crippen molar-refractivity contribution in [1.29, 1.82) is 0 Å². The molecule has 6 aromatic rings. The number of aromatic nitrogens is 12. The number of tetrazole rings is 2. The summed E-state index contributed by atoms with van der Waals surface area (Å²) in [5.41, 5.74) is 5.41. The van der Waals surface area contributed by atoms with Crippen LogP contribution in [0.4, 0.5) is 11.6 Å². The zero-order chi connectivity index (χ0) is 47.9. The second-order valence-corrected chi connectivity index (χ2v) is 22.7. The van der Waals surface area contributed by atoms with Crippen LogP contribution in [0.15, 0.2) is 60.9 Å². The van der Waals surface area contributed by atoms with E-state index in [2.05, 4.69) is 95.5 Å². The van der Waals surface area contributed by atoms with E-state index in [1.807, 2.05) is 6.92 Å². The van der Waals surface area contributed by atoms with Crippen LogP contribution in [0, 0.1) is 0 Å². The molecule has 0 saturated heterocycles. The number of fused-ring (bicyclic) bond motifs is 2. The van der Waals surface area contributed by atoms with Gasteiger partial charge in [0.25, 0.3) is 11.8 Å². The Morgan fingerprint density at radius 3 is 1.64 bits per heavy atom. The molecule has 0 aromatic carbocycles. The molecule has 2 aliphatic rings. The maximum atomic E-state index is 12.9. The number of aliphatic hydroxyl groups excluding tert-OH is 1. The van der Waals surface area contributed by atoms with Crippen LogP contribution in [0.1, 0.15) is 89.9 Å². The number of anilines is 2. The number of carbonyl (C=O) groups excluding carboxylic acids is 4. The van der Waals surface area contributed by atoms with Crippen molar-refractivity contribution < 1.29 is 28.7 Å². The Labute approximate surface area is 387 Å². The van der Waals surface area contributed by atoms with E-state index in [0.29, 0.717) is 73.9 Å². The summed E-state index contributed by atoms with van der Waals surface area (Å²) in [6.45, 7) is 17.4. The van der Waals surface area contributed by atoms with Crippen LogP contribution in [-0.2, 0) is 39.9 Å². The lowest BCUT2D eigenvalue weighted by Crippen LogP contribution is -2.42. The lowest BCUT2D eigenvalue weighted by molar-refractivity contribution is -0.119. The van der Waals surface area contributed by atoms with Crippen LogP contribution < -0.4 is 10.6 Å². The van der Waals surface area contributed by atoms with Crippen molar-refractivity contribution in [3.63, 3.8) is 0 Å². The highest BCUT2D eigenvalue weighted by atomic mass is 28.4. The first-order valence-electron chi connectivity index (χ1n) is 21.8. The molecule has 2 aliphatic heterocycles. The topological polar surface area (TPSA) is 267 Å². The van der Waals surface area contributed by atoms with Gasteiger partial charge >= 0.3 is 0 Å². The van der Waals surface area contributed by atoms with Gasteiger partial charge in [-0.05, 0) is 124 Å². The van der Waals surface area contributed by atoms with Gasteiger partial charge in [-0.2, -0.15) is 0 Å². The van der Waals surface area contributed by atoms with Crippen molar-refractivity contribution in [2.45, 2.75) is 90.8 Å². The highest BCUT2D eigenvalue weighted by Crippen LogP contribution is 2.37. The molecule has 0 spiro atoms. The van der Waals surface area contributed by atoms with Crippen LogP contribution in [0.25, 0.3) is 23.0 Å². The first-order chi connectivity index (χ1) is 32.1. The molecule has 3 N–H and O–H groups in total. The van der Waals surface area contributed by atoms with Crippen molar-refractivity contribution in [3.8, 4) is 23.0 Å². The summed E-state index contributed by atoms with van der Waals surface area (Å²) in [7, 11) is -1.92. The lowest BCUT2D eigenvalue weighted by atomic mass is 10.0. The largest absolute Gasteiger partial charge is 0.415 e. The summed E-state index contributed by atoms with van der Waals surface area (Å²) < 4.78 is 9.53. The predicted octanol–water partition coefficient (Wildman–Crippen LogP) is 3.93. The summed E-state index contributed by atoms with van der Waals surface area (Å²) in [4.78, 5) is 68.7. The van der Waals surface area contributed by atoms with E-state index in [1.165, 1.54) is 4.68 Å². The van der Waals surface area contributed by atoms with E-state index in [4.69, 9.17) is 4.43 Å². The number of rotatable bonds is 14. The first-order valence-corrected chi connectivity index (χ1v) is 24.7. The van der Waals surface area contributed by atoms with E-state index in [0.717, 1.165) is 41.5 Å². The second kappa shape index (κ2) is 20.5. The molecule has 2 atom stereocenters. The fourth-order valence-corrected chi connectivity index (χ4v) is 8.07. The van der Waals surface area contributed by atoms with Crippen molar-refractivity contribution >= 4 is 44.6 Å². The summed E-state index contributed by atoms with van der Waals surface area (Å²) >= 11 is 0. The number of carbonyl (C=O) groups is 4. The van der Waals surface area contributed by atoms with Gasteiger partial charge in [0.15, 0.2) is 8.32 Å². The van der Waals surface area contributed by atoms with Crippen LogP contribution in [-0.4, -0.2) is 135 Å². The predicted molar refractivity (Wildman–Crippen MR) is 246 cm³/mol. The standard InChI is InChI=1S/C25H34N8O3Si.C19H20N8O3/c1-17(15-36-37(5,6)25(2,3)4)33-23(29-30-31-33)20-8-7-9-22(27-20)28-24(35)21-12-19-14-32(16-34)11-10-18(19)13-26-21;1-12(10-28)27-18(23-24-25-27)15-3-2-4-17(21-15)22-19(30)16-7-14-9-26(11-29)6-5-13(14)8-20-16/h7-9,12-13,16-17H,10-11,14-15H2,1-6H3,(H,27,28,35);2-4,7-8,11-12,28H,5-6,9-10H2,1H3,(H,21,22,30)/t17-;12-/m11/s1. The molecule has 6 aromatic heterocycles. The monoisotopic (exact) mass is 930 g/mol. The third-order valence-corrected chi connectivity index (χ3v) is 16.5. The van der Waals surface area contributed by atoms with Crippen molar-refractivity contribution in [3.05, 3.63) is 94.6 Å². The van der Waals surface area contributed by atoms with Crippen LogP contribution in [0.5, 0.6) is 0 Å². The van der Waals surface area contributed by atoms with Gasteiger partial charge in [-0.3, -0.25) is 29.1 Å². The molecule has 0 bridgehead atoms. The molecule has 8 rings (SSSR count). The number of hydrogen-bond acceptors (Lipinski definition) is 16. The quantitative estimate of drug-likeness (QED) is 0.103. The minimum atomic E-state index is -1.92. The Hall–Kier alpha value is -7.24. The first kappa shape index (κ1) is 47.7. The van der Waals surface area contributed by atoms with Gasteiger partial charge in [-0.25, -0.2) is 19.3 Å². The molecular weight excluding hydrogens is 877 g/mol. The normalized spacial score (nSPS) is 14.4. The molecule has 22 nitrogen and oxygen atoms in total. The van der Waals surface area contributed by atoms with Gasteiger partial charge in [0.2, 0.25) is 24.5 Å². The lowest BCUT2D eigenvalue weighted by Gasteiger charge is -2.36. The number of pyridine rings is 4. The molecular formula is C44H54N16O6Si. The molecule has 0 saturated carbocycles. The van der Waals surface area contributed by atoms with Crippen molar-refractivity contribution in [1.82, 2.24) is 70.2 Å². The zero-order valence-corrected chi connectivity index (χ0v) is 39.5. The average molecular weight is 931 g/mol. The summed E-state index contributed by atoms with van der Waals surface area (Å²) in [6, 6.07) is 13.4. The van der Waals surface area contributed by atoms with Crippen LogP contribution in [0.2, 0.25) is 18.1 Å². The Balaban J connectivity index is 0.000000203. The Morgan fingerprint density at radius 2 is 1.21 bits per heavy atom. The van der Waals surface area contributed by atoms with Gasteiger partial charge in [0.05, 0.1) is 25.3 Å². The minimum absolute atomic E-state index is 0.102. The number of aliphatic hydroxyl groups is 1. The zero-order valence-electron chi connectivity index (χ0n) is 38.5. The average Bonchev–Trinajstić information content (AvgIpc) is 4.04. The van der Waals surface area contributed by atoms with Gasteiger partial charge < -0.3 is 30.0 Å². The number of nitrogens with one attached hydrogen (secondary N) is 2. The Morgan fingerprint density at radius 1 is 0.746 bits per heavy atom.